The molecule has 2 nitrogen and oxygen atoms in total. The minimum atomic E-state index is 0.212. The van der Waals surface area contributed by atoms with Gasteiger partial charge in [-0.15, -0.1) is 0 Å². The molecule has 0 unspecified atom stereocenters. The molecule has 0 bridgehead atoms. The Kier molecular flexibility index (Phi) is 5.64. The topological polar surface area (TPSA) is 8.17 Å². The monoisotopic (exact) mass is 602 g/mol. The molecule has 1 aromatic heterocycles. The Balaban J connectivity index is 1.20. The van der Waals surface area contributed by atoms with E-state index in [-0.39, 0.29) is 6.71 Å². The van der Waals surface area contributed by atoms with Crippen LogP contribution in [0, 0.1) is 0 Å². The molecule has 214 valence electrons. The summed E-state index contributed by atoms with van der Waals surface area (Å²) in [6.07, 6.45) is 0. The van der Waals surface area contributed by atoms with Crippen molar-refractivity contribution in [2.24, 2.45) is 0 Å². The molecule has 0 amide bonds. The highest BCUT2D eigenvalue weighted by Crippen LogP contribution is 2.45. The second-order valence-corrected chi connectivity index (χ2v) is 13.2. The molecule has 7 aromatic carbocycles. The summed E-state index contributed by atoms with van der Waals surface area (Å²) in [5.74, 6) is 0. The Bertz CT molecular complexity index is 2480. The lowest BCUT2D eigenvalue weighted by Gasteiger charge is -2.40. The lowest BCUT2D eigenvalue weighted by atomic mass is 9.35. The van der Waals surface area contributed by atoms with Crippen LogP contribution in [0.4, 0.5) is 17.1 Å². The third kappa shape index (κ3) is 3.68. The van der Waals surface area contributed by atoms with E-state index in [9.17, 15) is 0 Å². The lowest BCUT2D eigenvalue weighted by molar-refractivity contribution is 1.18. The predicted octanol–water partition coefficient (Wildman–Crippen LogP) is 9.21. The second-order valence-electron chi connectivity index (χ2n) is 12.1. The molecule has 0 radical (unpaired) electrons. The lowest BCUT2D eigenvalue weighted by Crippen LogP contribution is -2.59. The number of benzene rings is 7. The first-order chi connectivity index (χ1) is 22.8. The fourth-order valence-corrected chi connectivity index (χ4v) is 8.91. The van der Waals surface area contributed by atoms with Crippen LogP contribution in [-0.2, 0) is 0 Å². The smallest absolute Gasteiger partial charge is 0.249 e. The van der Waals surface area contributed by atoms with Gasteiger partial charge in [0, 0.05) is 43.2 Å². The van der Waals surface area contributed by atoms with Crippen LogP contribution >= 0.6 is 11.8 Å². The van der Waals surface area contributed by atoms with Crippen molar-refractivity contribution in [3.05, 3.63) is 164 Å². The molecule has 0 saturated carbocycles. The zero-order valence-electron chi connectivity index (χ0n) is 25.0. The first kappa shape index (κ1) is 25.8. The van der Waals surface area contributed by atoms with Gasteiger partial charge in [-0.2, -0.15) is 0 Å². The third-order valence-electron chi connectivity index (χ3n) is 9.65. The number of hydrogen-bond acceptors (Lipinski definition) is 2. The van der Waals surface area contributed by atoms with Gasteiger partial charge >= 0.3 is 0 Å². The van der Waals surface area contributed by atoms with Gasteiger partial charge < -0.3 is 9.47 Å². The Labute approximate surface area is 272 Å². The molecular formula is C42H27BN2S. The first-order valence-electron chi connectivity index (χ1n) is 15.8. The quantitative estimate of drug-likeness (QED) is 0.186. The number of rotatable bonds is 3. The van der Waals surface area contributed by atoms with E-state index in [4.69, 9.17) is 0 Å². The highest BCUT2D eigenvalue weighted by Gasteiger charge is 2.40. The summed E-state index contributed by atoms with van der Waals surface area (Å²) < 4.78 is 2.38. The van der Waals surface area contributed by atoms with Gasteiger partial charge in [0.1, 0.15) is 0 Å². The van der Waals surface area contributed by atoms with Gasteiger partial charge in [-0.05, 0) is 77.2 Å². The van der Waals surface area contributed by atoms with E-state index in [1.807, 2.05) is 11.8 Å². The molecule has 4 heteroatoms. The maximum absolute atomic E-state index is 2.51. The highest BCUT2D eigenvalue weighted by molar-refractivity contribution is 8.00. The molecule has 0 atom stereocenters. The predicted molar refractivity (Wildman–Crippen MR) is 196 cm³/mol. The molecule has 0 fully saturated rings. The maximum atomic E-state index is 2.51. The van der Waals surface area contributed by atoms with E-state index in [0.717, 1.165) is 0 Å². The fourth-order valence-electron chi connectivity index (χ4n) is 7.75. The minimum absolute atomic E-state index is 0.212. The van der Waals surface area contributed by atoms with E-state index >= 15 is 0 Å². The summed E-state index contributed by atoms with van der Waals surface area (Å²) >= 11 is 1.90. The van der Waals surface area contributed by atoms with Crippen LogP contribution in [0.1, 0.15) is 0 Å². The van der Waals surface area contributed by atoms with Gasteiger partial charge in [0.05, 0.1) is 16.7 Å². The average Bonchev–Trinajstić information content (AvgIpc) is 3.46. The zero-order valence-corrected chi connectivity index (χ0v) is 25.8. The van der Waals surface area contributed by atoms with Gasteiger partial charge in [0.25, 0.3) is 0 Å². The van der Waals surface area contributed by atoms with E-state index in [0.29, 0.717) is 0 Å². The number of aromatic nitrogens is 1. The van der Waals surface area contributed by atoms with E-state index in [1.54, 1.807) is 0 Å². The SMILES string of the molecule is c1ccc(-n2c3ccccc3c3cc(-c4ccccc4N4c5ccccc5B5c6ccccc6Sc6cccc4c65)ccc32)cc1. The number of fused-ring (bicyclic) bond motifs is 7. The van der Waals surface area contributed by atoms with Crippen LogP contribution in [-0.4, -0.2) is 11.3 Å². The number of nitrogens with zero attached hydrogens (tertiary/aromatic N) is 2. The van der Waals surface area contributed by atoms with Crippen molar-refractivity contribution in [2.75, 3.05) is 4.90 Å². The Morgan fingerprint density at radius 2 is 1.13 bits per heavy atom. The van der Waals surface area contributed by atoms with Gasteiger partial charge in [-0.1, -0.05) is 120 Å². The summed E-state index contributed by atoms with van der Waals surface area (Å²) in [6.45, 7) is 0.212. The van der Waals surface area contributed by atoms with Crippen molar-refractivity contribution in [1.29, 1.82) is 0 Å². The van der Waals surface area contributed by atoms with E-state index < -0.39 is 0 Å². The van der Waals surface area contributed by atoms with Gasteiger partial charge in [-0.3, -0.25) is 0 Å². The standard InChI is InChI=1S/C42H27BN2S/c1-2-13-29(14-3-1)44-36-20-9-5-16-31(36)32-27-28(25-26-37(32)44)30-15-4-8-19-35(30)45-38-21-10-6-17-33(38)43-34-18-7-11-23-40(34)46-41-24-12-22-39(45)42(41)43/h1-27H. The maximum Gasteiger partial charge on any atom is 0.249 e. The van der Waals surface area contributed by atoms with Crippen molar-refractivity contribution in [2.45, 2.75) is 9.79 Å². The van der Waals surface area contributed by atoms with Crippen molar-refractivity contribution < 1.29 is 0 Å². The number of para-hydroxylation sites is 4. The molecule has 10 rings (SSSR count). The van der Waals surface area contributed by atoms with Gasteiger partial charge in [0.15, 0.2) is 0 Å². The first-order valence-corrected chi connectivity index (χ1v) is 16.6. The number of hydrogen-bond donors (Lipinski definition) is 0. The molecular weight excluding hydrogens is 575 g/mol. The minimum Gasteiger partial charge on any atom is -0.311 e. The largest absolute Gasteiger partial charge is 0.311 e. The molecule has 0 N–H and O–H groups in total. The summed E-state index contributed by atoms with van der Waals surface area (Å²) in [6, 6.07) is 60.1. The summed E-state index contributed by atoms with van der Waals surface area (Å²) in [5.41, 5.74) is 13.9. The van der Waals surface area contributed by atoms with Crippen LogP contribution in [0.25, 0.3) is 38.6 Å². The van der Waals surface area contributed by atoms with E-state index in [2.05, 4.69) is 173 Å². The fraction of sp³-hybridized carbons (Fsp3) is 0. The molecule has 8 aromatic rings. The normalized spacial score (nSPS) is 13.0. The molecule has 0 saturated heterocycles. The average molecular weight is 603 g/mol. The third-order valence-corrected chi connectivity index (χ3v) is 10.8. The van der Waals surface area contributed by atoms with Crippen molar-refractivity contribution in [3.8, 4) is 16.8 Å². The summed E-state index contributed by atoms with van der Waals surface area (Å²) in [7, 11) is 0. The van der Waals surface area contributed by atoms with Crippen LogP contribution in [0.3, 0.4) is 0 Å². The summed E-state index contributed by atoms with van der Waals surface area (Å²) in [4.78, 5) is 5.20. The Morgan fingerprint density at radius 1 is 0.457 bits per heavy atom. The molecule has 3 heterocycles. The summed E-state index contributed by atoms with van der Waals surface area (Å²) in [5, 5.41) is 2.52. The van der Waals surface area contributed by atoms with Crippen LogP contribution in [0.15, 0.2) is 174 Å². The van der Waals surface area contributed by atoms with Crippen molar-refractivity contribution >= 4 is 73.7 Å². The number of anilines is 3. The molecule has 0 spiro atoms. The molecule has 2 aliphatic rings. The second kappa shape index (κ2) is 10.0. The van der Waals surface area contributed by atoms with Crippen molar-refractivity contribution in [1.82, 2.24) is 4.57 Å². The Hall–Kier alpha value is -5.45. The van der Waals surface area contributed by atoms with Crippen molar-refractivity contribution in [3.63, 3.8) is 0 Å². The molecule has 46 heavy (non-hydrogen) atoms. The van der Waals surface area contributed by atoms with E-state index in [1.165, 1.54) is 81.9 Å². The van der Waals surface area contributed by atoms with Gasteiger partial charge in [0.2, 0.25) is 6.71 Å². The van der Waals surface area contributed by atoms with Gasteiger partial charge in [-0.25, -0.2) is 0 Å². The highest BCUT2D eigenvalue weighted by atomic mass is 32.2. The molecule has 0 aliphatic carbocycles. The van der Waals surface area contributed by atoms with Crippen LogP contribution in [0.2, 0.25) is 0 Å². The molecule has 2 aliphatic heterocycles. The van der Waals surface area contributed by atoms with Crippen LogP contribution in [0.5, 0.6) is 0 Å². The Morgan fingerprint density at radius 3 is 2.04 bits per heavy atom. The zero-order chi connectivity index (χ0) is 30.2. The van der Waals surface area contributed by atoms with Crippen LogP contribution < -0.4 is 21.3 Å².